The molecule has 0 aliphatic rings. The SMILES string of the molecule is O=C(CSc1nc2ccccc2o1)c1ccccc1OC(F)F. The Kier molecular flexibility index (Phi) is 4.57. The van der Waals surface area contributed by atoms with Crippen LogP contribution in [0.2, 0.25) is 0 Å². The van der Waals surface area contributed by atoms with E-state index < -0.39 is 6.61 Å². The van der Waals surface area contributed by atoms with E-state index in [0.717, 1.165) is 11.8 Å². The molecule has 4 nitrogen and oxygen atoms in total. The maximum Gasteiger partial charge on any atom is 0.387 e. The maximum absolute atomic E-state index is 12.4. The number of thioether (sulfide) groups is 1. The molecule has 0 bridgehead atoms. The molecular formula is C16H11F2NO3S. The lowest BCUT2D eigenvalue weighted by Gasteiger charge is -2.08. The number of oxazole rings is 1. The second-order valence-corrected chi connectivity index (χ2v) is 5.46. The minimum absolute atomic E-state index is 0.0104. The van der Waals surface area contributed by atoms with Crippen molar-refractivity contribution in [3.05, 3.63) is 54.1 Å². The second kappa shape index (κ2) is 6.78. The predicted molar refractivity (Wildman–Crippen MR) is 82.1 cm³/mol. The van der Waals surface area contributed by atoms with E-state index in [0.29, 0.717) is 16.3 Å². The molecule has 0 saturated heterocycles. The standard InChI is InChI=1S/C16H11F2NO3S/c17-15(18)21-13-7-3-1-5-10(13)12(20)9-23-16-19-11-6-2-4-8-14(11)22-16/h1-8,15H,9H2. The van der Waals surface area contributed by atoms with Crippen molar-refractivity contribution in [2.24, 2.45) is 0 Å². The lowest BCUT2D eigenvalue weighted by Crippen LogP contribution is -2.09. The Labute approximate surface area is 134 Å². The summed E-state index contributed by atoms with van der Waals surface area (Å²) in [6.07, 6.45) is 0. The zero-order valence-electron chi connectivity index (χ0n) is 11.7. The summed E-state index contributed by atoms with van der Waals surface area (Å²) >= 11 is 1.11. The second-order valence-electron chi connectivity index (χ2n) is 4.53. The minimum atomic E-state index is -2.98. The average molecular weight is 335 g/mol. The summed E-state index contributed by atoms with van der Waals surface area (Å²) in [5.41, 5.74) is 1.43. The van der Waals surface area contributed by atoms with Crippen LogP contribution in [0.1, 0.15) is 10.4 Å². The number of aromatic nitrogens is 1. The summed E-state index contributed by atoms with van der Waals surface area (Å²) in [7, 11) is 0. The minimum Gasteiger partial charge on any atom is -0.434 e. The molecule has 3 rings (SSSR count). The first kappa shape index (κ1) is 15.5. The molecule has 1 aromatic heterocycles. The molecule has 3 aromatic rings. The number of halogens is 2. The smallest absolute Gasteiger partial charge is 0.387 e. The van der Waals surface area contributed by atoms with Crippen molar-refractivity contribution in [2.45, 2.75) is 11.8 Å². The number of Topliss-reactive ketones (excluding diaryl/α,β-unsaturated/α-hetero) is 1. The quantitative estimate of drug-likeness (QED) is 0.493. The topological polar surface area (TPSA) is 52.3 Å². The van der Waals surface area contributed by atoms with E-state index in [1.165, 1.54) is 18.2 Å². The number of hydrogen-bond acceptors (Lipinski definition) is 5. The van der Waals surface area contributed by atoms with Crippen molar-refractivity contribution in [3.63, 3.8) is 0 Å². The lowest BCUT2D eigenvalue weighted by atomic mass is 10.1. The zero-order chi connectivity index (χ0) is 16.2. The van der Waals surface area contributed by atoms with E-state index in [-0.39, 0.29) is 22.8 Å². The molecule has 2 aromatic carbocycles. The van der Waals surface area contributed by atoms with E-state index in [2.05, 4.69) is 9.72 Å². The molecule has 0 spiro atoms. The van der Waals surface area contributed by atoms with Crippen LogP contribution in [0, 0.1) is 0 Å². The van der Waals surface area contributed by atoms with Crippen molar-refractivity contribution in [1.82, 2.24) is 4.98 Å². The first-order valence-electron chi connectivity index (χ1n) is 6.69. The summed E-state index contributed by atoms with van der Waals surface area (Å²) in [6.45, 7) is -2.98. The van der Waals surface area contributed by atoms with Crippen molar-refractivity contribution in [2.75, 3.05) is 5.75 Å². The number of rotatable bonds is 6. The predicted octanol–water partition coefficient (Wildman–Crippen LogP) is 4.40. The highest BCUT2D eigenvalue weighted by molar-refractivity contribution is 7.99. The van der Waals surface area contributed by atoms with Gasteiger partial charge in [-0.2, -0.15) is 8.78 Å². The van der Waals surface area contributed by atoms with Gasteiger partial charge in [0.1, 0.15) is 11.3 Å². The largest absolute Gasteiger partial charge is 0.434 e. The van der Waals surface area contributed by atoms with Crippen molar-refractivity contribution >= 4 is 28.6 Å². The van der Waals surface area contributed by atoms with Gasteiger partial charge in [-0.25, -0.2) is 4.98 Å². The zero-order valence-corrected chi connectivity index (χ0v) is 12.6. The first-order chi connectivity index (χ1) is 11.1. The Morgan fingerprint density at radius 3 is 2.70 bits per heavy atom. The Morgan fingerprint density at radius 1 is 1.17 bits per heavy atom. The molecule has 0 atom stereocenters. The van der Waals surface area contributed by atoms with Crippen LogP contribution < -0.4 is 4.74 Å². The first-order valence-corrected chi connectivity index (χ1v) is 7.67. The van der Waals surface area contributed by atoms with E-state index in [1.54, 1.807) is 18.2 Å². The number of fused-ring (bicyclic) bond motifs is 1. The van der Waals surface area contributed by atoms with Gasteiger partial charge in [0, 0.05) is 0 Å². The molecule has 0 amide bonds. The number of para-hydroxylation sites is 3. The molecule has 0 fully saturated rings. The van der Waals surface area contributed by atoms with Gasteiger partial charge in [0.25, 0.3) is 5.22 Å². The van der Waals surface area contributed by atoms with Gasteiger partial charge in [-0.05, 0) is 24.3 Å². The highest BCUT2D eigenvalue weighted by Crippen LogP contribution is 2.26. The lowest BCUT2D eigenvalue weighted by molar-refractivity contribution is -0.0501. The summed E-state index contributed by atoms with van der Waals surface area (Å²) < 4.78 is 34.6. The summed E-state index contributed by atoms with van der Waals surface area (Å²) in [6, 6.07) is 13.2. The molecule has 0 saturated carbocycles. The van der Waals surface area contributed by atoms with Gasteiger partial charge in [0.15, 0.2) is 11.4 Å². The molecular weight excluding hydrogens is 324 g/mol. The molecule has 0 aliphatic heterocycles. The van der Waals surface area contributed by atoms with Crippen LogP contribution in [0.4, 0.5) is 8.78 Å². The molecule has 118 valence electrons. The highest BCUT2D eigenvalue weighted by atomic mass is 32.2. The number of nitrogens with zero attached hydrogens (tertiary/aromatic N) is 1. The number of carbonyl (C=O) groups is 1. The molecule has 0 N–H and O–H groups in total. The van der Waals surface area contributed by atoms with Crippen LogP contribution in [0.5, 0.6) is 5.75 Å². The molecule has 0 radical (unpaired) electrons. The van der Waals surface area contributed by atoms with Crippen molar-refractivity contribution < 1.29 is 22.7 Å². The van der Waals surface area contributed by atoms with Gasteiger partial charge < -0.3 is 9.15 Å². The van der Waals surface area contributed by atoms with Crippen LogP contribution >= 0.6 is 11.8 Å². The molecule has 1 heterocycles. The van der Waals surface area contributed by atoms with Crippen molar-refractivity contribution in [1.29, 1.82) is 0 Å². The van der Waals surface area contributed by atoms with Crippen LogP contribution in [-0.2, 0) is 0 Å². The highest BCUT2D eigenvalue weighted by Gasteiger charge is 2.16. The van der Waals surface area contributed by atoms with Gasteiger partial charge in [-0.3, -0.25) is 4.79 Å². The van der Waals surface area contributed by atoms with Gasteiger partial charge in [-0.1, -0.05) is 36.0 Å². The normalized spacial score (nSPS) is 11.1. The summed E-state index contributed by atoms with van der Waals surface area (Å²) in [5, 5.41) is 0.354. The monoisotopic (exact) mass is 335 g/mol. The third-order valence-electron chi connectivity index (χ3n) is 3.00. The number of carbonyl (C=O) groups excluding carboxylic acids is 1. The number of ether oxygens (including phenoxy) is 1. The molecule has 0 unspecified atom stereocenters. The average Bonchev–Trinajstić information content (AvgIpc) is 2.95. The van der Waals surface area contributed by atoms with E-state index in [9.17, 15) is 13.6 Å². The third kappa shape index (κ3) is 3.68. The van der Waals surface area contributed by atoms with Gasteiger partial charge >= 0.3 is 6.61 Å². The molecule has 0 aliphatic carbocycles. The van der Waals surface area contributed by atoms with Gasteiger partial charge in [0.2, 0.25) is 0 Å². The fraction of sp³-hybridized carbons (Fsp3) is 0.125. The Bertz CT molecular complexity index is 802. The molecule has 23 heavy (non-hydrogen) atoms. The summed E-state index contributed by atoms with van der Waals surface area (Å²) in [5.74, 6) is -0.463. The van der Waals surface area contributed by atoms with E-state index in [1.807, 2.05) is 12.1 Å². The fourth-order valence-electron chi connectivity index (χ4n) is 2.01. The number of hydrogen-bond donors (Lipinski definition) is 0. The van der Waals surface area contributed by atoms with Crippen LogP contribution in [0.25, 0.3) is 11.1 Å². The Balaban J connectivity index is 1.72. The third-order valence-corrected chi connectivity index (χ3v) is 3.83. The summed E-state index contributed by atoms with van der Waals surface area (Å²) in [4.78, 5) is 16.5. The van der Waals surface area contributed by atoms with Gasteiger partial charge in [0.05, 0.1) is 11.3 Å². The van der Waals surface area contributed by atoms with Crippen LogP contribution in [0.3, 0.4) is 0 Å². The van der Waals surface area contributed by atoms with E-state index in [4.69, 9.17) is 4.42 Å². The van der Waals surface area contributed by atoms with Gasteiger partial charge in [-0.15, -0.1) is 0 Å². The number of alkyl halides is 2. The van der Waals surface area contributed by atoms with Crippen LogP contribution in [-0.4, -0.2) is 23.1 Å². The van der Waals surface area contributed by atoms with E-state index >= 15 is 0 Å². The number of benzene rings is 2. The Morgan fingerprint density at radius 2 is 1.91 bits per heavy atom. The Hall–Kier alpha value is -2.41. The fourth-order valence-corrected chi connectivity index (χ4v) is 2.74. The molecule has 7 heteroatoms. The van der Waals surface area contributed by atoms with Crippen molar-refractivity contribution in [3.8, 4) is 5.75 Å². The van der Waals surface area contributed by atoms with Crippen LogP contribution in [0.15, 0.2) is 58.2 Å². The maximum atomic E-state index is 12.4. The number of ketones is 1.